The van der Waals surface area contributed by atoms with Gasteiger partial charge in [-0.3, -0.25) is 0 Å². The molecule has 1 aliphatic heterocycles. The molecule has 3 aromatic rings. The number of nitrogens with zero attached hydrogens (tertiary/aromatic N) is 6. The third-order valence-electron chi connectivity index (χ3n) is 5.23. The molecule has 0 amide bonds. The number of pyridine rings is 2. The predicted molar refractivity (Wildman–Crippen MR) is 123 cm³/mol. The number of hydrogen-bond donors (Lipinski definition) is 0. The Hall–Kier alpha value is -3.01. The summed E-state index contributed by atoms with van der Waals surface area (Å²) in [6.07, 6.45) is 4.72. The average Bonchev–Trinajstić information content (AvgIpc) is 3.18. The van der Waals surface area contributed by atoms with Gasteiger partial charge >= 0.3 is 0 Å². The van der Waals surface area contributed by atoms with Crippen molar-refractivity contribution in [2.75, 3.05) is 30.5 Å². The van der Waals surface area contributed by atoms with Crippen LogP contribution in [0.25, 0.3) is 22.8 Å². The lowest BCUT2D eigenvalue weighted by atomic mass is 10.1. The number of ether oxygens (including phenoxy) is 1. The van der Waals surface area contributed by atoms with Gasteiger partial charge in [0.2, 0.25) is 5.88 Å². The molecule has 32 heavy (non-hydrogen) atoms. The van der Waals surface area contributed by atoms with Crippen molar-refractivity contribution < 1.29 is 13.2 Å². The molecule has 170 valence electrons. The molecule has 0 radical (unpaired) electrons. The van der Waals surface area contributed by atoms with E-state index in [0.717, 1.165) is 23.4 Å². The molecule has 1 aliphatic rings. The highest BCUT2D eigenvalue weighted by molar-refractivity contribution is 7.91. The van der Waals surface area contributed by atoms with Crippen LogP contribution in [0, 0.1) is 0 Å². The van der Waals surface area contributed by atoms with Crippen LogP contribution < -0.4 is 9.64 Å². The number of hydrogen-bond acceptors (Lipinski definition) is 8. The molecule has 10 heteroatoms. The zero-order valence-corrected chi connectivity index (χ0v) is 19.6. The van der Waals surface area contributed by atoms with Gasteiger partial charge in [-0.05, 0) is 44.9 Å². The SMILES string of the molecule is CC(C)Oc1cc(-c2nc(-c3ccc(N(C)C)nc3)nn2C2CCCS(=O)(=O)C2)ccn1. The van der Waals surface area contributed by atoms with E-state index >= 15 is 0 Å². The van der Waals surface area contributed by atoms with Gasteiger partial charge in [0.15, 0.2) is 21.5 Å². The van der Waals surface area contributed by atoms with Crippen molar-refractivity contribution in [2.24, 2.45) is 0 Å². The number of aromatic nitrogens is 5. The van der Waals surface area contributed by atoms with Crippen LogP contribution in [0.4, 0.5) is 5.82 Å². The highest BCUT2D eigenvalue weighted by Gasteiger charge is 2.29. The molecule has 0 aromatic carbocycles. The average molecular weight is 457 g/mol. The summed E-state index contributed by atoms with van der Waals surface area (Å²) in [4.78, 5) is 15.4. The molecule has 0 N–H and O–H groups in total. The minimum atomic E-state index is -3.12. The summed E-state index contributed by atoms with van der Waals surface area (Å²) in [5.41, 5.74) is 1.54. The first-order chi connectivity index (χ1) is 15.2. The molecule has 3 aromatic heterocycles. The number of anilines is 1. The van der Waals surface area contributed by atoms with Crippen molar-refractivity contribution in [3.8, 4) is 28.7 Å². The Bertz CT molecular complexity index is 1190. The quantitative estimate of drug-likeness (QED) is 0.558. The Balaban J connectivity index is 1.78. The summed E-state index contributed by atoms with van der Waals surface area (Å²) in [6.45, 7) is 3.87. The molecular weight excluding hydrogens is 428 g/mol. The summed E-state index contributed by atoms with van der Waals surface area (Å²) >= 11 is 0. The maximum atomic E-state index is 12.3. The van der Waals surface area contributed by atoms with Gasteiger partial charge < -0.3 is 9.64 Å². The van der Waals surface area contributed by atoms with Crippen LogP contribution in [0.2, 0.25) is 0 Å². The van der Waals surface area contributed by atoms with Crippen molar-refractivity contribution >= 4 is 15.7 Å². The largest absolute Gasteiger partial charge is 0.475 e. The molecule has 1 fully saturated rings. The topological polar surface area (TPSA) is 103 Å². The summed E-state index contributed by atoms with van der Waals surface area (Å²) in [5, 5.41) is 4.74. The molecule has 1 unspecified atom stereocenters. The maximum absolute atomic E-state index is 12.3. The molecule has 0 spiro atoms. The lowest BCUT2D eigenvalue weighted by molar-refractivity contribution is 0.232. The van der Waals surface area contributed by atoms with Crippen molar-refractivity contribution in [3.05, 3.63) is 36.7 Å². The van der Waals surface area contributed by atoms with Gasteiger partial charge in [0.1, 0.15) is 5.82 Å². The normalized spacial score (nSPS) is 18.0. The van der Waals surface area contributed by atoms with Gasteiger partial charge in [-0.2, -0.15) is 5.10 Å². The van der Waals surface area contributed by atoms with Gasteiger partial charge in [0, 0.05) is 43.7 Å². The van der Waals surface area contributed by atoms with Gasteiger partial charge in [-0.25, -0.2) is 28.1 Å². The molecule has 0 saturated carbocycles. The van der Waals surface area contributed by atoms with Gasteiger partial charge in [0.05, 0.1) is 23.7 Å². The van der Waals surface area contributed by atoms with Crippen LogP contribution in [-0.4, -0.2) is 64.9 Å². The van der Waals surface area contributed by atoms with E-state index in [1.165, 1.54) is 0 Å². The Labute approximate surface area is 188 Å². The lowest BCUT2D eigenvalue weighted by Crippen LogP contribution is -2.28. The van der Waals surface area contributed by atoms with Crippen LogP contribution in [-0.2, 0) is 9.84 Å². The summed E-state index contributed by atoms with van der Waals surface area (Å²) < 4.78 is 32.2. The van der Waals surface area contributed by atoms with E-state index in [1.807, 2.05) is 57.1 Å². The lowest BCUT2D eigenvalue weighted by Gasteiger charge is -2.23. The van der Waals surface area contributed by atoms with E-state index in [4.69, 9.17) is 14.8 Å². The third kappa shape index (κ3) is 4.90. The van der Waals surface area contributed by atoms with E-state index in [9.17, 15) is 8.42 Å². The second kappa shape index (κ2) is 8.85. The minimum Gasteiger partial charge on any atom is -0.475 e. The fourth-order valence-electron chi connectivity index (χ4n) is 3.73. The van der Waals surface area contributed by atoms with E-state index in [2.05, 4.69) is 9.97 Å². The first kappa shape index (κ1) is 22.2. The van der Waals surface area contributed by atoms with Gasteiger partial charge in [-0.15, -0.1) is 0 Å². The zero-order chi connectivity index (χ0) is 22.9. The molecule has 0 aliphatic carbocycles. The van der Waals surface area contributed by atoms with Crippen LogP contribution in [0.1, 0.15) is 32.7 Å². The van der Waals surface area contributed by atoms with Crippen molar-refractivity contribution in [3.63, 3.8) is 0 Å². The van der Waals surface area contributed by atoms with Gasteiger partial charge in [0.25, 0.3) is 0 Å². The highest BCUT2D eigenvalue weighted by atomic mass is 32.2. The summed E-state index contributed by atoms with van der Waals surface area (Å²) in [5.74, 6) is 2.69. The predicted octanol–water partition coefficient (Wildman–Crippen LogP) is 3.01. The zero-order valence-electron chi connectivity index (χ0n) is 18.8. The second-order valence-electron chi connectivity index (χ2n) is 8.46. The van der Waals surface area contributed by atoms with E-state index in [0.29, 0.717) is 23.9 Å². The Morgan fingerprint density at radius 1 is 1.16 bits per heavy atom. The molecule has 1 saturated heterocycles. The monoisotopic (exact) mass is 456 g/mol. The fraction of sp³-hybridized carbons (Fsp3) is 0.455. The first-order valence-corrected chi connectivity index (χ1v) is 12.5. The molecule has 1 atom stereocenters. The summed E-state index contributed by atoms with van der Waals surface area (Å²) in [6, 6.07) is 7.20. The van der Waals surface area contributed by atoms with Crippen molar-refractivity contribution in [1.82, 2.24) is 24.7 Å². The molecule has 4 rings (SSSR count). The standard InChI is InChI=1S/C22H28N6O3S/c1-15(2)31-20-12-16(9-10-23-20)22-25-21(17-7-8-19(24-13-17)27(3)4)26-28(22)18-6-5-11-32(29,30)14-18/h7-10,12-13,15,18H,5-6,11,14H2,1-4H3. The first-order valence-electron chi connectivity index (χ1n) is 10.7. The van der Waals surface area contributed by atoms with Crippen LogP contribution in [0.5, 0.6) is 5.88 Å². The third-order valence-corrected chi connectivity index (χ3v) is 7.03. The van der Waals surface area contributed by atoms with E-state index < -0.39 is 9.84 Å². The Morgan fingerprint density at radius 3 is 2.62 bits per heavy atom. The van der Waals surface area contributed by atoms with E-state index in [-0.39, 0.29) is 23.7 Å². The maximum Gasteiger partial charge on any atom is 0.214 e. The Kier molecular flexibility index (Phi) is 6.14. The minimum absolute atomic E-state index is 0.0176. The smallest absolute Gasteiger partial charge is 0.214 e. The van der Waals surface area contributed by atoms with Crippen molar-refractivity contribution in [1.29, 1.82) is 0 Å². The molecular formula is C22H28N6O3S. The highest BCUT2D eigenvalue weighted by Crippen LogP contribution is 2.31. The van der Waals surface area contributed by atoms with Crippen molar-refractivity contribution in [2.45, 2.75) is 38.8 Å². The number of rotatable bonds is 6. The molecule has 4 heterocycles. The molecule has 0 bridgehead atoms. The second-order valence-corrected chi connectivity index (χ2v) is 10.7. The van der Waals surface area contributed by atoms with Gasteiger partial charge in [-0.1, -0.05) is 0 Å². The fourth-order valence-corrected chi connectivity index (χ4v) is 5.39. The van der Waals surface area contributed by atoms with Crippen LogP contribution in [0.3, 0.4) is 0 Å². The number of sulfone groups is 1. The Morgan fingerprint density at radius 2 is 1.97 bits per heavy atom. The molecule has 9 nitrogen and oxygen atoms in total. The van der Waals surface area contributed by atoms with Crippen LogP contribution >= 0.6 is 0 Å². The summed E-state index contributed by atoms with van der Waals surface area (Å²) in [7, 11) is 0.738. The van der Waals surface area contributed by atoms with E-state index in [1.54, 1.807) is 17.1 Å². The van der Waals surface area contributed by atoms with Crippen LogP contribution in [0.15, 0.2) is 36.7 Å².